The highest BCUT2D eigenvalue weighted by Gasteiger charge is 2.31. The van der Waals surface area contributed by atoms with E-state index < -0.39 is 0 Å². The summed E-state index contributed by atoms with van der Waals surface area (Å²) in [5, 5.41) is 3.40. The Balaban J connectivity index is 2.15. The Bertz CT molecular complexity index is 283. The molecule has 0 saturated carbocycles. The van der Waals surface area contributed by atoms with Gasteiger partial charge < -0.3 is 10.2 Å². The summed E-state index contributed by atoms with van der Waals surface area (Å²) in [5.41, 5.74) is 3.20. The fourth-order valence-corrected chi connectivity index (χ4v) is 2.77. The minimum Gasteiger partial charge on any atom is -0.372 e. The summed E-state index contributed by atoms with van der Waals surface area (Å²) in [5.74, 6) is 0. The predicted octanol–water partition coefficient (Wildman–Crippen LogP) is 2.15. The first-order chi connectivity index (χ1) is 7.09. The molecule has 0 radical (unpaired) electrons. The Morgan fingerprint density at radius 3 is 2.60 bits per heavy atom. The van der Waals surface area contributed by atoms with Crippen LogP contribution in [0, 0.1) is 5.41 Å². The Morgan fingerprint density at radius 2 is 2.00 bits per heavy atom. The maximum absolute atomic E-state index is 4.11. The lowest BCUT2D eigenvalue weighted by molar-refractivity contribution is 0.222. The number of nitrogens with one attached hydrogen (secondary N) is 1. The van der Waals surface area contributed by atoms with Gasteiger partial charge in [-0.25, -0.2) is 0 Å². The number of nitrogens with zero attached hydrogens (tertiary/aromatic N) is 1. The Hall–Kier alpha value is -0.760. The summed E-state index contributed by atoms with van der Waals surface area (Å²) in [6.07, 6.45) is 4.60. The van der Waals surface area contributed by atoms with E-state index in [1.165, 1.54) is 11.3 Å². The van der Waals surface area contributed by atoms with Crippen molar-refractivity contribution in [1.82, 2.24) is 10.2 Å². The summed E-state index contributed by atoms with van der Waals surface area (Å²) < 4.78 is 0. The van der Waals surface area contributed by atoms with Gasteiger partial charge in [-0.3, -0.25) is 0 Å². The molecule has 84 valence electrons. The first-order valence-corrected chi connectivity index (χ1v) is 5.92. The second-order valence-corrected chi connectivity index (χ2v) is 5.34. The average Bonchev–Trinajstić information content (AvgIpc) is 2.17. The summed E-state index contributed by atoms with van der Waals surface area (Å²) in [6.45, 7) is 13.3. The van der Waals surface area contributed by atoms with Crippen molar-refractivity contribution >= 4 is 0 Å². The van der Waals surface area contributed by atoms with Crippen LogP contribution in [0.1, 0.15) is 26.7 Å². The van der Waals surface area contributed by atoms with Gasteiger partial charge in [0.1, 0.15) is 0 Å². The molecule has 2 aliphatic rings. The summed E-state index contributed by atoms with van der Waals surface area (Å²) >= 11 is 0. The van der Waals surface area contributed by atoms with Crippen LogP contribution in [0.5, 0.6) is 0 Å². The standard InChI is InChI=1S/C13H22N2/c1-11-4-5-12(13(2,3)10-11)15-8-6-14-7-9-15/h5,14H,1,4,6-10H2,2-3H3. The second-order valence-electron chi connectivity index (χ2n) is 5.34. The Morgan fingerprint density at radius 1 is 1.33 bits per heavy atom. The monoisotopic (exact) mass is 206 g/mol. The quantitative estimate of drug-likeness (QED) is 0.661. The predicted molar refractivity (Wildman–Crippen MR) is 64.7 cm³/mol. The summed E-state index contributed by atoms with van der Waals surface area (Å²) in [6, 6.07) is 0. The molecule has 1 saturated heterocycles. The smallest absolute Gasteiger partial charge is 0.0300 e. The third-order valence-corrected chi connectivity index (χ3v) is 3.43. The van der Waals surface area contributed by atoms with Gasteiger partial charge in [0.25, 0.3) is 0 Å². The van der Waals surface area contributed by atoms with E-state index in [-0.39, 0.29) is 5.41 Å². The zero-order chi connectivity index (χ0) is 10.9. The Kier molecular flexibility index (Phi) is 2.87. The maximum atomic E-state index is 4.11. The molecule has 0 spiro atoms. The third kappa shape index (κ3) is 2.25. The van der Waals surface area contributed by atoms with Crippen molar-refractivity contribution in [3.8, 4) is 0 Å². The van der Waals surface area contributed by atoms with Gasteiger partial charge in [0.2, 0.25) is 0 Å². The van der Waals surface area contributed by atoms with Crippen LogP contribution in [0.4, 0.5) is 0 Å². The normalized spacial score (nSPS) is 26.4. The van der Waals surface area contributed by atoms with Crippen LogP contribution < -0.4 is 5.32 Å². The molecule has 1 aliphatic heterocycles. The molecule has 1 fully saturated rings. The molecule has 2 rings (SSSR count). The fourth-order valence-electron chi connectivity index (χ4n) is 2.77. The molecule has 1 N–H and O–H groups in total. The molecule has 2 nitrogen and oxygen atoms in total. The minimum absolute atomic E-state index is 0.284. The van der Waals surface area contributed by atoms with Crippen LogP contribution in [0.25, 0.3) is 0 Å². The Labute approximate surface area is 93.0 Å². The SMILES string of the molecule is C=C1CC=C(N2CCNCC2)C(C)(C)C1. The van der Waals surface area contributed by atoms with Crippen molar-refractivity contribution in [2.24, 2.45) is 5.41 Å². The molecule has 0 amide bonds. The number of allylic oxidation sites excluding steroid dienone is 3. The first kappa shape index (κ1) is 10.7. The van der Waals surface area contributed by atoms with Crippen LogP contribution in [0.15, 0.2) is 23.9 Å². The molecule has 0 aromatic heterocycles. The topological polar surface area (TPSA) is 15.3 Å². The zero-order valence-electron chi connectivity index (χ0n) is 9.97. The van der Waals surface area contributed by atoms with Crippen LogP contribution in [-0.2, 0) is 0 Å². The lowest BCUT2D eigenvalue weighted by atomic mass is 9.77. The number of rotatable bonds is 1. The molecule has 0 aromatic carbocycles. The van der Waals surface area contributed by atoms with Crippen LogP contribution in [-0.4, -0.2) is 31.1 Å². The number of hydrogen-bond donors (Lipinski definition) is 1. The fraction of sp³-hybridized carbons (Fsp3) is 0.692. The number of hydrogen-bond acceptors (Lipinski definition) is 2. The van der Waals surface area contributed by atoms with Gasteiger partial charge in [0, 0.05) is 37.3 Å². The molecule has 0 atom stereocenters. The molecular weight excluding hydrogens is 184 g/mol. The van der Waals surface area contributed by atoms with Crippen molar-refractivity contribution in [1.29, 1.82) is 0 Å². The van der Waals surface area contributed by atoms with Crippen LogP contribution >= 0.6 is 0 Å². The van der Waals surface area contributed by atoms with E-state index in [1.807, 2.05) is 0 Å². The maximum Gasteiger partial charge on any atom is 0.0300 e. The van der Waals surface area contributed by atoms with Crippen molar-refractivity contribution in [2.75, 3.05) is 26.2 Å². The number of piperazine rings is 1. The van der Waals surface area contributed by atoms with Crippen molar-refractivity contribution in [3.05, 3.63) is 23.9 Å². The van der Waals surface area contributed by atoms with E-state index in [0.717, 1.165) is 39.0 Å². The van der Waals surface area contributed by atoms with E-state index in [0.29, 0.717) is 0 Å². The van der Waals surface area contributed by atoms with Crippen LogP contribution in [0.3, 0.4) is 0 Å². The van der Waals surface area contributed by atoms with Gasteiger partial charge in [0.05, 0.1) is 0 Å². The molecule has 2 heteroatoms. The van der Waals surface area contributed by atoms with Gasteiger partial charge in [0.15, 0.2) is 0 Å². The summed E-state index contributed by atoms with van der Waals surface area (Å²) in [4.78, 5) is 2.54. The average molecular weight is 206 g/mol. The van der Waals surface area contributed by atoms with Gasteiger partial charge in [-0.1, -0.05) is 32.1 Å². The molecule has 0 aromatic rings. The molecular formula is C13H22N2. The minimum atomic E-state index is 0.284. The van der Waals surface area contributed by atoms with E-state index in [1.54, 1.807) is 0 Å². The first-order valence-electron chi connectivity index (χ1n) is 5.92. The van der Waals surface area contributed by atoms with Crippen LogP contribution in [0.2, 0.25) is 0 Å². The lowest BCUT2D eigenvalue weighted by Crippen LogP contribution is -2.46. The van der Waals surface area contributed by atoms with E-state index >= 15 is 0 Å². The van der Waals surface area contributed by atoms with E-state index in [4.69, 9.17) is 0 Å². The largest absolute Gasteiger partial charge is 0.372 e. The second kappa shape index (κ2) is 4.01. The van der Waals surface area contributed by atoms with Crippen molar-refractivity contribution in [3.63, 3.8) is 0 Å². The molecule has 0 bridgehead atoms. The highest BCUT2D eigenvalue weighted by atomic mass is 15.2. The van der Waals surface area contributed by atoms with Gasteiger partial charge in [-0.05, 0) is 12.8 Å². The highest BCUT2D eigenvalue weighted by molar-refractivity contribution is 5.24. The van der Waals surface area contributed by atoms with Crippen molar-refractivity contribution < 1.29 is 0 Å². The third-order valence-electron chi connectivity index (χ3n) is 3.43. The highest BCUT2D eigenvalue weighted by Crippen LogP contribution is 2.40. The zero-order valence-corrected chi connectivity index (χ0v) is 9.97. The molecule has 1 aliphatic carbocycles. The molecule has 1 heterocycles. The summed E-state index contributed by atoms with van der Waals surface area (Å²) in [7, 11) is 0. The van der Waals surface area contributed by atoms with E-state index in [9.17, 15) is 0 Å². The van der Waals surface area contributed by atoms with Crippen molar-refractivity contribution in [2.45, 2.75) is 26.7 Å². The van der Waals surface area contributed by atoms with Gasteiger partial charge >= 0.3 is 0 Å². The van der Waals surface area contributed by atoms with Gasteiger partial charge in [-0.15, -0.1) is 0 Å². The molecule has 15 heavy (non-hydrogen) atoms. The molecule has 0 unspecified atom stereocenters. The lowest BCUT2D eigenvalue weighted by Gasteiger charge is -2.42. The van der Waals surface area contributed by atoms with Gasteiger partial charge in [-0.2, -0.15) is 0 Å². The van der Waals surface area contributed by atoms with E-state index in [2.05, 4.69) is 36.7 Å².